The molecule has 0 unspecified atom stereocenters. The molecule has 0 aromatic carbocycles. The second-order valence-electron chi connectivity index (χ2n) is 2.32. The van der Waals surface area contributed by atoms with E-state index in [9.17, 15) is 4.79 Å². The fourth-order valence-electron chi connectivity index (χ4n) is 1.17. The molecule has 0 bridgehead atoms. The molecule has 1 rings (SSSR count). The van der Waals surface area contributed by atoms with E-state index in [1.807, 2.05) is 0 Å². The van der Waals surface area contributed by atoms with Crippen LogP contribution >= 0.6 is 0 Å². The molecular weight excluding hydrogens is 173 g/mol. The van der Waals surface area contributed by atoms with Gasteiger partial charge >= 0.3 is 94.6 Å². The van der Waals surface area contributed by atoms with E-state index in [0.29, 0.717) is 0 Å². The molecule has 0 aromatic heterocycles. The molecule has 0 spiro atoms. The summed E-state index contributed by atoms with van der Waals surface area (Å²) >= 11 is 0. The van der Waals surface area contributed by atoms with Gasteiger partial charge in [-0.2, -0.15) is 0 Å². The van der Waals surface area contributed by atoms with Crippen molar-refractivity contribution >= 4 is 94.6 Å². The average Bonchev–Trinajstić information content (AvgIpc) is 2.12. The zero-order valence-corrected chi connectivity index (χ0v) is 4.76. The second kappa shape index (κ2) is 10.6. The van der Waals surface area contributed by atoms with Gasteiger partial charge in [-0.1, -0.05) is 12.8 Å². The third-order valence-corrected chi connectivity index (χ3v) is 1.70. The number of hydrogen-bond acceptors (Lipinski definition) is 1. The Kier molecular flexibility index (Phi) is 18.3. The molecule has 0 aromatic rings. The summed E-state index contributed by atoms with van der Waals surface area (Å²) in [7, 11) is 0. The maximum absolute atomic E-state index is 10.2. The molecule has 0 radical (unpaired) electrons. The van der Waals surface area contributed by atoms with Crippen LogP contribution < -0.4 is 0 Å². The van der Waals surface area contributed by atoms with Gasteiger partial charge < -0.3 is 5.11 Å². The predicted molar refractivity (Wildman–Crippen MR) is 51.0 cm³/mol. The Hall–Kier alpha value is 2.47. The fraction of sp³-hybridized carbons (Fsp3) is 0.833. The van der Waals surface area contributed by atoms with Gasteiger partial charge in [0.2, 0.25) is 0 Å². The monoisotopic (exact) mass is 186 g/mol. The SMILES string of the molecule is O=C(O)C1CCCC1.[NaH].[NaH].[NaH]. The van der Waals surface area contributed by atoms with Crippen molar-refractivity contribution in [2.24, 2.45) is 5.92 Å². The Morgan fingerprint density at radius 3 is 1.64 bits per heavy atom. The van der Waals surface area contributed by atoms with E-state index in [1.54, 1.807) is 0 Å². The molecule has 0 amide bonds. The zero-order valence-electron chi connectivity index (χ0n) is 4.76. The summed E-state index contributed by atoms with van der Waals surface area (Å²) < 4.78 is 0. The van der Waals surface area contributed by atoms with Crippen LogP contribution in [0.1, 0.15) is 25.7 Å². The van der Waals surface area contributed by atoms with Crippen LogP contribution in [0.4, 0.5) is 0 Å². The number of carboxylic acids is 1. The number of hydrogen-bond donors (Lipinski definition) is 1. The zero-order chi connectivity index (χ0) is 5.98. The van der Waals surface area contributed by atoms with E-state index in [2.05, 4.69) is 0 Å². The van der Waals surface area contributed by atoms with Crippen molar-refractivity contribution in [2.75, 3.05) is 0 Å². The topological polar surface area (TPSA) is 37.3 Å². The first-order valence-corrected chi connectivity index (χ1v) is 3.03. The first kappa shape index (κ1) is 19.1. The minimum atomic E-state index is -0.609. The Bertz CT molecular complexity index is 102. The molecule has 1 aliphatic carbocycles. The molecule has 0 atom stereocenters. The first-order chi connectivity index (χ1) is 3.80. The van der Waals surface area contributed by atoms with Gasteiger partial charge in [0.1, 0.15) is 0 Å². The quantitative estimate of drug-likeness (QED) is 0.551. The summed E-state index contributed by atoms with van der Waals surface area (Å²) in [6.07, 6.45) is 4.01. The minimum absolute atomic E-state index is 0. The van der Waals surface area contributed by atoms with E-state index in [4.69, 9.17) is 5.11 Å². The molecule has 1 aliphatic rings. The van der Waals surface area contributed by atoms with Crippen molar-refractivity contribution in [3.05, 3.63) is 0 Å². The normalized spacial score (nSPS) is 15.6. The molecule has 5 heteroatoms. The van der Waals surface area contributed by atoms with Gasteiger partial charge in [-0.05, 0) is 12.8 Å². The van der Waals surface area contributed by atoms with Crippen molar-refractivity contribution in [1.29, 1.82) is 0 Å². The summed E-state index contributed by atoms with van der Waals surface area (Å²) in [6, 6.07) is 0. The Morgan fingerprint density at radius 1 is 1.09 bits per heavy atom. The van der Waals surface area contributed by atoms with Crippen LogP contribution in [0.2, 0.25) is 0 Å². The molecule has 2 nitrogen and oxygen atoms in total. The van der Waals surface area contributed by atoms with Gasteiger partial charge in [-0.3, -0.25) is 4.79 Å². The molecule has 52 valence electrons. The fourth-order valence-corrected chi connectivity index (χ4v) is 1.17. The molecule has 1 saturated carbocycles. The maximum atomic E-state index is 10.2. The van der Waals surface area contributed by atoms with Crippen LogP contribution in [0, 0.1) is 5.92 Å². The van der Waals surface area contributed by atoms with Gasteiger partial charge in [0.25, 0.3) is 0 Å². The van der Waals surface area contributed by atoms with Gasteiger partial charge in [-0.25, -0.2) is 0 Å². The van der Waals surface area contributed by atoms with E-state index in [1.165, 1.54) is 0 Å². The summed E-state index contributed by atoms with van der Waals surface area (Å²) in [5.41, 5.74) is 0. The molecule has 0 heterocycles. The van der Waals surface area contributed by atoms with E-state index < -0.39 is 5.97 Å². The van der Waals surface area contributed by atoms with Crippen LogP contribution in [0.5, 0.6) is 0 Å². The molecule has 1 fully saturated rings. The third-order valence-electron chi connectivity index (χ3n) is 1.70. The van der Waals surface area contributed by atoms with Gasteiger partial charge in [0.15, 0.2) is 0 Å². The van der Waals surface area contributed by atoms with Crippen molar-refractivity contribution in [2.45, 2.75) is 25.7 Å². The molecular formula is C6H13Na3O2. The van der Waals surface area contributed by atoms with E-state index in [0.717, 1.165) is 25.7 Å². The second-order valence-corrected chi connectivity index (χ2v) is 2.32. The van der Waals surface area contributed by atoms with Crippen LogP contribution in [-0.2, 0) is 4.79 Å². The number of rotatable bonds is 1. The summed E-state index contributed by atoms with van der Waals surface area (Å²) in [4.78, 5) is 10.2. The number of carbonyl (C=O) groups is 1. The molecule has 0 saturated heterocycles. The summed E-state index contributed by atoms with van der Waals surface area (Å²) in [5.74, 6) is -0.627. The van der Waals surface area contributed by atoms with Crippen LogP contribution in [0.25, 0.3) is 0 Å². The summed E-state index contributed by atoms with van der Waals surface area (Å²) in [5, 5.41) is 8.41. The number of aliphatic carboxylic acids is 1. The third kappa shape index (κ3) is 7.53. The van der Waals surface area contributed by atoms with Gasteiger partial charge in [-0.15, -0.1) is 0 Å². The standard InChI is InChI=1S/C6H10O2.3Na.3H/c7-6(8)5-3-1-2-4-5;;;;;;/h5H,1-4H2,(H,7,8);;;;;;. The van der Waals surface area contributed by atoms with Crippen molar-refractivity contribution in [1.82, 2.24) is 0 Å². The van der Waals surface area contributed by atoms with E-state index >= 15 is 0 Å². The number of carboxylic acid groups (broad SMARTS) is 1. The predicted octanol–water partition coefficient (Wildman–Crippen LogP) is -0.684. The van der Waals surface area contributed by atoms with Crippen molar-refractivity contribution in [3.8, 4) is 0 Å². The average molecular weight is 186 g/mol. The Balaban J connectivity index is -0.000000213. The molecule has 1 N–H and O–H groups in total. The van der Waals surface area contributed by atoms with Crippen LogP contribution in [0.3, 0.4) is 0 Å². The Labute approximate surface area is 134 Å². The molecule has 0 aliphatic heterocycles. The Morgan fingerprint density at radius 2 is 1.45 bits per heavy atom. The first-order valence-electron chi connectivity index (χ1n) is 3.03. The van der Waals surface area contributed by atoms with Crippen molar-refractivity contribution < 1.29 is 9.90 Å². The van der Waals surface area contributed by atoms with Crippen molar-refractivity contribution in [3.63, 3.8) is 0 Å². The van der Waals surface area contributed by atoms with E-state index in [-0.39, 0.29) is 94.6 Å². The van der Waals surface area contributed by atoms with Crippen LogP contribution in [-0.4, -0.2) is 99.7 Å². The molecule has 11 heavy (non-hydrogen) atoms. The summed E-state index contributed by atoms with van der Waals surface area (Å²) in [6.45, 7) is 0. The van der Waals surface area contributed by atoms with Gasteiger partial charge in [0.05, 0.1) is 5.92 Å². The van der Waals surface area contributed by atoms with Gasteiger partial charge in [0, 0.05) is 0 Å². The van der Waals surface area contributed by atoms with Crippen LogP contribution in [0.15, 0.2) is 0 Å².